The zero-order chi connectivity index (χ0) is 66.6. The first-order valence-corrected chi connectivity index (χ1v) is 39.9. The second-order valence-corrected chi connectivity index (χ2v) is 29.7. The van der Waals surface area contributed by atoms with Crippen molar-refractivity contribution in [1.82, 2.24) is 0 Å². The molecular formula is C71H138O17P2. The summed E-state index contributed by atoms with van der Waals surface area (Å²) in [6.07, 6.45) is 45.8. The highest BCUT2D eigenvalue weighted by Gasteiger charge is 2.30. The van der Waals surface area contributed by atoms with E-state index in [1.54, 1.807) is 0 Å². The van der Waals surface area contributed by atoms with Crippen LogP contribution in [-0.2, 0) is 65.4 Å². The minimum Gasteiger partial charge on any atom is -0.462 e. The fourth-order valence-electron chi connectivity index (χ4n) is 10.7. The van der Waals surface area contributed by atoms with Crippen LogP contribution in [0.25, 0.3) is 0 Å². The van der Waals surface area contributed by atoms with Crippen molar-refractivity contribution >= 4 is 39.5 Å². The third-order valence-corrected chi connectivity index (χ3v) is 18.6. The Labute approximate surface area is 549 Å². The molecule has 0 spiro atoms. The lowest BCUT2D eigenvalue weighted by molar-refractivity contribution is -0.161. The third-order valence-electron chi connectivity index (χ3n) is 16.7. The van der Waals surface area contributed by atoms with Gasteiger partial charge in [0.05, 0.1) is 26.4 Å². The minimum atomic E-state index is -4.95. The first-order chi connectivity index (χ1) is 43.3. The Morgan fingerprint density at radius 2 is 0.567 bits per heavy atom. The molecule has 534 valence electrons. The summed E-state index contributed by atoms with van der Waals surface area (Å²) >= 11 is 0. The Morgan fingerprint density at radius 1 is 0.322 bits per heavy atom. The number of phosphoric ester groups is 2. The SMILES string of the molecule is CCCCCCCCCCCCC(=O)OC[C@H](COP(=O)(O)OC[C@H](O)COP(=O)(O)OC[C@@H](COC(=O)CCCCCCCCCCCCC(C)C)OC(=O)CCCCCCCCCCCCCCCCC(C)C)OC(=O)CCCCCCCCC(C)CC. The van der Waals surface area contributed by atoms with Crippen LogP contribution in [0.4, 0.5) is 0 Å². The highest BCUT2D eigenvalue weighted by atomic mass is 31.2. The molecule has 19 heteroatoms. The van der Waals surface area contributed by atoms with E-state index in [0.717, 1.165) is 108 Å². The zero-order valence-corrected chi connectivity index (χ0v) is 60.4. The molecule has 0 aliphatic rings. The van der Waals surface area contributed by atoms with E-state index in [0.29, 0.717) is 25.7 Å². The average molecular weight is 1330 g/mol. The number of esters is 4. The molecule has 0 saturated carbocycles. The summed E-state index contributed by atoms with van der Waals surface area (Å²) in [6.45, 7) is 11.8. The lowest BCUT2D eigenvalue weighted by Crippen LogP contribution is -2.30. The summed E-state index contributed by atoms with van der Waals surface area (Å²) in [4.78, 5) is 72.5. The molecule has 3 N–H and O–H groups in total. The maximum atomic E-state index is 13.0. The van der Waals surface area contributed by atoms with Gasteiger partial charge in [0.25, 0.3) is 0 Å². The summed E-state index contributed by atoms with van der Waals surface area (Å²) in [7, 11) is -9.90. The van der Waals surface area contributed by atoms with Crippen molar-refractivity contribution in [2.45, 2.75) is 375 Å². The highest BCUT2D eigenvalue weighted by Crippen LogP contribution is 2.45. The van der Waals surface area contributed by atoms with Crippen LogP contribution in [0.15, 0.2) is 0 Å². The van der Waals surface area contributed by atoms with Gasteiger partial charge in [0.2, 0.25) is 0 Å². The quantitative estimate of drug-likeness (QED) is 0.0222. The number of rotatable bonds is 69. The number of aliphatic hydroxyl groups is 1. The van der Waals surface area contributed by atoms with E-state index >= 15 is 0 Å². The molecule has 0 aromatic rings. The minimum absolute atomic E-state index is 0.103. The summed E-state index contributed by atoms with van der Waals surface area (Å²) < 4.78 is 68.3. The lowest BCUT2D eigenvalue weighted by atomic mass is 10.00. The molecule has 0 radical (unpaired) electrons. The van der Waals surface area contributed by atoms with Gasteiger partial charge in [0.1, 0.15) is 19.3 Å². The molecule has 0 amide bonds. The normalized spacial score (nSPS) is 14.5. The number of hydrogen-bond acceptors (Lipinski definition) is 15. The molecule has 6 atom stereocenters. The van der Waals surface area contributed by atoms with Crippen molar-refractivity contribution in [3.63, 3.8) is 0 Å². The van der Waals surface area contributed by atoms with Crippen molar-refractivity contribution in [1.29, 1.82) is 0 Å². The molecule has 0 aromatic carbocycles. The van der Waals surface area contributed by atoms with Gasteiger partial charge >= 0.3 is 39.5 Å². The summed E-state index contributed by atoms with van der Waals surface area (Å²) in [5.41, 5.74) is 0. The van der Waals surface area contributed by atoms with Crippen molar-refractivity contribution in [3.8, 4) is 0 Å². The highest BCUT2D eigenvalue weighted by molar-refractivity contribution is 7.47. The van der Waals surface area contributed by atoms with E-state index < -0.39 is 97.5 Å². The molecule has 0 fully saturated rings. The van der Waals surface area contributed by atoms with Crippen LogP contribution in [0.5, 0.6) is 0 Å². The molecule has 17 nitrogen and oxygen atoms in total. The van der Waals surface area contributed by atoms with E-state index in [1.165, 1.54) is 167 Å². The Balaban J connectivity index is 5.24. The van der Waals surface area contributed by atoms with E-state index in [4.69, 9.17) is 37.0 Å². The molecule has 0 aliphatic carbocycles. The zero-order valence-electron chi connectivity index (χ0n) is 58.6. The van der Waals surface area contributed by atoms with Gasteiger partial charge in [-0.05, 0) is 43.4 Å². The van der Waals surface area contributed by atoms with Crippen molar-refractivity contribution < 1.29 is 80.2 Å². The summed E-state index contributed by atoms with van der Waals surface area (Å²) in [5, 5.41) is 10.6. The van der Waals surface area contributed by atoms with E-state index in [1.807, 2.05) is 0 Å². The number of hydrogen-bond donors (Lipinski definition) is 3. The maximum absolute atomic E-state index is 13.0. The predicted molar refractivity (Wildman–Crippen MR) is 363 cm³/mol. The van der Waals surface area contributed by atoms with Crippen LogP contribution in [0, 0.1) is 17.8 Å². The molecule has 0 rings (SSSR count). The first-order valence-electron chi connectivity index (χ1n) is 36.9. The fourth-order valence-corrected chi connectivity index (χ4v) is 12.3. The van der Waals surface area contributed by atoms with Crippen LogP contribution in [0.1, 0.15) is 357 Å². The average Bonchev–Trinajstić information content (AvgIpc) is 3.58. The molecular weight excluding hydrogens is 1190 g/mol. The second-order valence-electron chi connectivity index (χ2n) is 26.8. The summed E-state index contributed by atoms with van der Waals surface area (Å²) in [5.74, 6) is 0.147. The van der Waals surface area contributed by atoms with Gasteiger partial charge in [-0.3, -0.25) is 37.3 Å². The molecule has 0 bridgehead atoms. The second kappa shape index (κ2) is 61.9. The van der Waals surface area contributed by atoms with Crippen molar-refractivity contribution in [2.24, 2.45) is 17.8 Å². The number of aliphatic hydroxyl groups excluding tert-OH is 1. The van der Waals surface area contributed by atoms with Gasteiger partial charge in [-0.15, -0.1) is 0 Å². The molecule has 0 aromatic heterocycles. The molecule has 90 heavy (non-hydrogen) atoms. The van der Waals surface area contributed by atoms with Crippen LogP contribution in [0.2, 0.25) is 0 Å². The number of ether oxygens (including phenoxy) is 4. The molecule has 0 saturated heterocycles. The van der Waals surface area contributed by atoms with Gasteiger partial charge in [0.15, 0.2) is 12.2 Å². The number of phosphoric acid groups is 2. The van der Waals surface area contributed by atoms with E-state index in [-0.39, 0.29) is 25.7 Å². The standard InChI is InChI=1S/C71H138O17P2/c1-8-10-11-12-13-14-25-30-38-45-52-68(73)82-59-67(88-71(76)55-48-41-34-33-37-44-51-64(7)9-2)61-86-90(79,80)84-57-65(72)56-83-89(77,78)85-60-66(58-81-69(74)53-46-39-31-26-22-21-24-29-36-43-50-63(5)6)87-70(75)54-47-40-32-27-20-18-16-15-17-19-23-28-35-42-49-62(3)4/h62-67,72H,8-61H2,1-7H3,(H,77,78)(H,79,80)/t64?,65-,66-,67-/m1/s1. The van der Waals surface area contributed by atoms with Gasteiger partial charge in [-0.1, -0.05) is 305 Å². The van der Waals surface area contributed by atoms with Crippen molar-refractivity contribution in [3.05, 3.63) is 0 Å². The van der Waals surface area contributed by atoms with E-state index in [2.05, 4.69) is 48.5 Å². The Hall–Kier alpha value is -1.94. The van der Waals surface area contributed by atoms with Gasteiger partial charge in [-0.25, -0.2) is 9.13 Å². The van der Waals surface area contributed by atoms with E-state index in [9.17, 15) is 43.2 Å². The van der Waals surface area contributed by atoms with Crippen LogP contribution < -0.4 is 0 Å². The smallest absolute Gasteiger partial charge is 0.462 e. The monoisotopic (exact) mass is 1320 g/mol. The first kappa shape index (κ1) is 88.1. The van der Waals surface area contributed by atoms with Gasteiger partial charge in [-0.2, -0.15) is 0 Å². The topological polar surface area (TPSA) is 237 Å². The molecule has 0 aliphatic heterocycles. The molecule has 0 heterocycles. The third kappa shape index (κ3) is 63.5. The predicted octanol–water partition coefficient (Wildman–Crippen LogP) is 20.2. The van der Waals surface area contributed by atoms with Gasteiger partial charge < -0.3 is 33.8 Å². The Kier molecular flexibility index (Phi) is 60.6. The lowest BCUT2D eigenvalue weighted by Gasteiger charge is -2.21. The number of unbranched alkanes of at least 4 members (excludes halogenated alkanes) is 36. The van der Waals surface area contributed by atoms with Crippen LogP contribution >= 0.6 is 15.6 Å². The Bertz CT molecular complexity index is 1770. The maximum Gasteiger partial charge on any atom is 0.472 e. The van der Waals surface area contributed by atoms with Crippen LogP contribution in [0.3, 0.4) is 0 Å². The fraction of sp³-hybridized carbons (Fsp3) is 0.944. The largest absolute Gasteiger partial charge is 0.472 e. The number of carbonyl (C=O) groups excluding carboxylic acids is 4. The summed E-state index contributed by atoms with van der Waals surface area (Å²) in [6, 6.07) is 0. The Morgan fingerprint density at radius 3 is 0.844 bits per heavy atom. The van der Waals surface area contributed by atoms with Gasteiger partial charge in [0, 0.05) is 25.7 Å². The molecule has 3 unspecified atom stereocenters. The number of carbonyl (C=O) groups is 4. The van der Waals surface area contributed by atoms with Crippen molar-refractivity contribution in [2.75, 3.05) is 39.6 Å². The van der Waals surface area contributed by atoms with Crippen LogP contribution in [-0.4, -0.2) is 96.7 Å².